The Labute approximate surface area is 211 Å². The van der Waals surface area contributed by atoms with Gasteiger partial charge in [-0.2, -0.15) is 0 Å². The lowest BCUT2D eigenvalue weighted by Gasteiger charge is -2.40. The minimum absolute atomic E-state index is 0.348. The zero-order valence-electron chi connectivity index (χ0n) is 19.3. The second-order valence-corrected chi connectivity index (χ2v) is 12.2. The molecule has 7 heteroatoms. The van der Waals surface area contributed by atoms with Crippen LogP contribution in [0.3, 0.4) is 0 Å². The molecule has 0 aromatic heterocycles. The molecule has 1 aliphatic heterocycles. The van der Waals surface area contributed by atoms with E-state index in [-0.39, 0.29) is 0 Å². The minimum Gasteiger partial charge on any atom is -0.478 e. The topological polar surface area (TPSA) is 53.1 Å². The van der Waals surface area contributed by atoms with Crippen molar-refractivity contribution < 1.29 is 14.6 Å². The molecule has 0 radical (unpaired) electrons. The number of halogens is 3. The molecule has 2 aromatic rings. The summed E-state index contributed by atoms with van der Waals surface area (Å²) in [6.07, 6.45) is 3.38. The number of nitrogens with zero attached hydrogens (tertiary/aromatic N) is 1. The summed E-state index contributed by atoms with van der Waals surface area (Å²) in [6.45, 7) is 9.14. The second kappa shape index (κ2) is 11.0. The number of ether oxygens (including phenoxy) is 1. The van der Waals surface area contributed by atoms with Crippen LogP contribution in [0.1, 0.15) is 44.7 Å². The summed E-state index contributed by atoms with van der Waals surface area (Å²) in [6, 6.07) is 22.3. The summed E-state index contributed by atoms with van der Waals surface area (Å²) in [7, 11) is 0. The number of epoxide rings is 1. The van der Waals surface area contributed by atoms with E-state index in [0.717, 1.165) is 19.0 Å². The van der Waals surface area contributed by atoms with E-state index in [1.54, 1.807) is 0 Å². The smallest absolute Gasteiger partial charge is 0.356 e. The van der Waals surface area contributed by atoms with Crippen molar-refractivity contribution in [1.82, 2.24) is 4.90 Å². The predicted molar refractivity (Wildman–Crippen MR) is 135 cm³/mol. The highest BCUT2D eigenvalue weighted by Crippen LogP contribution is 2.48. The van der Waals surface area contributed by atoms with Gasteiger partial charge in [0.05, 0.1) is 12.2 Å². The van der Waals surface area contributed by atoms with Crippen molar-refractivity contribution in [2.75, 3.05) is 0 Å². The standard InChI is InChI=1S/C24H31NO.C2HCl3O2/c1-24(2,3)20-14-21(23-22(15-20)26-23)25(16-18-10-6-4-7-11-18)17-19-12-8-5-9-13-19;3-2(4,5)1(6)7/h4-13,20-23H,14-17H2,1-3H3;(H,6,7)/t20-,21-,22+,23-;/m1./s1. The Morgan fingerprint density at radius 3 is 1.79 bits per heavy atom. The molecule has 2 aromatic carbocycles. The third-order valence-corrected chi connectivity index (χ3v) is 6.92. The highest BCUT2D eigenvalue weighted by atomic mass is 35.6. The van der Waals surface area contributed by atoms with Gasteiger partial charge in [0.1, 0.15) is 0 Å². The Balaban J connectivity index is 0.000000383. The number of carboxylic acid groups (broad SMARTS) is 1. The summed E-state index contributed by atoms with van der Waals surface area (Å²) >= 11 is 14.4. The van der Waals surface area contributed by atoms with Gasteiger partial charge in [0.2, 0.25) is 0 Å². The Morgan fingerprint density at radius 2 is 1.39 bits per heavy atom. The number of aliphatic carboxylic acids is 1. The van der Waals surface area contributed by atoms with Crippen molar-refractivity contribution >= 4 is 40.8 Å². The zero-order valence-corrected chi connectivity index (χ0v) is 21.5. The van der Waals surface area contributed by atoms with Crippen molar-refractivity contribution in [1.29, 1.82) is 0 Å². The van der Waals surface area contributed by atoms with Gasteiger partial charge >= 0.3 is 5.97 Å². The second-order valence-electron chi connectivity index (χ2n) is 9.92. The number of benzene rings is 2. The molecule has 0 spiro atoms. The van der Waals surface area contributed by atoms with Gasteiger partial charge in [-0.15, -0.1) is 0 Å². The van der Waals surface area contributed by atoms with Gasteiger partial charge in [0.25, 0.3) is 3.79 Å². The van der Waals surface area contributed by atoms with Crippen molar-refractivity contribution in [2.45, 2.75) is 68.7 Å². The third-order valence-electron chi connectivity index (χ3n) is 6.44. The van der Waals surface area contributed by atoms with Crippen molar-refractivity contribution in [3.05, 3.63) is 71.8 Å². The van der Waals surface area contributed by atoms with E-state index in [4.69, 9.17) is 44.6 Å². The van der Waals surface area contributed by atoms with Gasteiger partial charge in [-0.05, 0) is 35.3 Å². The maximum atomic E-state index is 9.62. The Hall–Kier alpha value is -1.30. The first-order chi connectivity index (χ1) is 15.4. The molecule has 2 fully saturated rings. The van der Waals surface area contributed by atoms with Crippen molar-refractivity contribution in [2.24, 2.45) is 11.3 Å². The van der Waals surface area contributed by atoms with Crippen LogP contribution >= 0.6 is 34.8 Å². The van der Waals surface area contributed by atoms with Gasteiger partial charge in [0, 0.05) is 19.1 Å². The average molecular weight is 513 g/mol. The Bertz CT molecular complexity index is 855. The van der Waals surface area contributed by atoms with E-state index in [1.807, 2.05) is 0 Å². The molecular weight excluding hydrogens is 481 g/mol. The highest BCUT2D eigenvalue weighted by Gasteiger charge is 2.53. The highest BCUT2D eigenvalue weighted by molar-refractivity contribution is 6.75. The summed E-state index contributed by atoms with van der Waals surface area (Å²) in [5.74, 6) is -0.734. The molecule has 0 bridgehead atoms. The van der Waals surface area contributed by atoms with Gasteiger partial charge < -0.3 is 9.84 Å². The largest absolute Gasteiger partial charge is 0.478 e. The Morgan fingerprint density at radius 1 is 0.939 bits per heavy atom. The molecule has 4 nitrogen and oxygen atoms in total. The molecule has 4 atom stereocenters. The van der Waals surface area contributed by atoms with E-state index in [9.17, 15) is 4.79 Å². The van der Waals surface area contributed by atoms with Crippen LogP contribution in [0, 0.1) is 11.3 Å². The van der Waals surface area contributed by atoms with E-state index >= 15 is 0 Å². The molecule has 180 valence electrons. The summed E-state index contributed by atoms with van der Waals surface area (Å²) in [5.41, 5.74) is 3.12. The first kappa shape index (κ1) is 26.3. The maximum absolute atomic E-state index is 9.62. The molecule has 1 aliphatic carbocycles. The Kier molecular flexibility index (Phi) is 8.74. The third kappa shape index (κ3) is 7.87. The van der Waals surface area contributed by atoms with Crippen LogP contribution in [-0.2, 0) is 22.6 Å². The van der Waals surface area contributed by atoms with Crippen molar-refractivity contribution in [3.63, 3.8) is 0 Å². The number of hydrogen-bond acceptors (Lipinski definition) is 3. The van der Waals surface area contributed by atoms with Crippen LogP contribution < -0.4 is 0 Å². The van der Waals surface area contributed by atoms with Crippen LogP contribution in [0.15, 0.2) is 60.7 Å². The predicted octanol–water partition coefficient (Wildman–Crippen LogP) is 6.72. The van der Waals surface area contributed by atoms with Crippen molar-refractivity contribution in [3.8, 4) is 0 Å². The van der Waals surface area contributed by atoms with E-state index in [1.165, 1.54) is 24.0 Å². The van der Waals surface area contributed by atoms with Gasteiger partial charge in [0.15, 0.2) is 0 Å². The molecule has 33 heavy (non-hydrogen) atoms. The van der Waals surface area contributed by atoms with Gasteiger partial charge in [-0.3, -0.25) is 4.90 Å². The first-order valence-corrected chi connectivity index (χ1v) is 12.4. The van der Waals surface area contributed by atoms with Gasteiger partial charge in [-0.1, -0.05) is 116 Å². The lowest BCUT2D eigenvalue weighted by molar-refractivity contribution is -0.135. The fourth-order valence-corrected chi connectivity index (χ4v) is 4.48. The fourth-order valence-electron chi connectivity index (χ4n) is 4.48. The lowest BCUT2D eigenvalue weighted by Crippen LogP contribution is -2.45. The summed E-state index contributed by atoms with van der Waals surface area (Å²) in [5, 5.41) is 7.85. The number of hydrogen-bond donors (Lipinski definition) is 1. The zero-order chi connectivity index (χ0) is 24.2. The maximum Gasteiger partial charge on any atom is 0.356 e. The summed E-state index contributed by atoms with van der Waals surface area (Å²) < 4.78 is 3.96. The number of rotatable bonds is 5. The van der Waals surface area contributed by atoms with Crippen LogP contribution in [0.5, 0.6) is 0 Å². The SMILES string of the molecule is CC(C)(C)[C@H]1C[C@@H]2O[C@@H]2[C@H](N(Cc2ccccc2)Cc2ccccc2)C1.O=C(O)C(Cl)(Cl)Cl. The number of carbonyl (C=O) groups is 1. The quantitative estimate of drug-likeness (QED) is 0.357. The van der Waals surface area contributed by atoms with Gasteiger partial charge in [-0.25, -0.2) is 4.79 Å². The molecule has 1 N–H and O–H groups in total. The average Bonchev–Trinajstić information content (AvgIpc) is 3.53. The number of carboxylic acids is 1. The normalized spacial score (nSPS) is 24.5. The fraction of sp³-hybridized carbons (Fsp3) is 0.500. The first-order valence-electron chi connectivity index (χ1n) is 11.2. The van der Waals surface area contributed by atoms with Crippen LogP contribution in [-0.4, -0.2) is 38.0 Å². The molecule has 1 saturated heterocycles. The van der Waals surface area contributed by atoms with E-state index in [2.05, 4.69) is 86.3 Å². The molecule has 0 amide bonds. The molecule has 1 heterocycles. The molecular formula is C26H32Cl3NO3. The van der Waals surface area contributed by atoms with E-state index in [0.29, 0.717) is 23.7 Å². The van der Waals surface area contributed by atoms with E-state index < -0.39 is 9.76 Å². The number of alkyl halides is 3. The molecule has 2 aliphatic rings. The molecule has 1 saturated carbocycles. The van der Waals surface area contributed by atoms with Crippen LogP contribution in [0.2, 0.25) is 0 Å². The van der Waals surface area contributed by atoms with Crippen LogP contribution in [0.4, 0.5) is 0 Å². The number of fused-ring (bicyclic) bond motifs is 1. The monoisotopic (exact) mass is 511 g/mol. The van der Waals surface area contributed by atoms with Crippen LogP contribution in [0.25, 0.3) is 0 Å². The molecule has 4 rings (SSSR count). The summed E-state index contributed by atoms with van der Waals surface area (Å²) in [4.78, 5) is 12.3. The minimum atomic E-state index is -2.17. The lowest BCUT2D eigenvalue weighted by atomic mass is 9.70. The molecule has 0 unspecified atom stereocenters.